The van der Waals surface area contributed by atoms with E-state index in [1.807, 2.05) is 24.3 Å². The van der Waals surface area contributed by atoms with Gasteiger partial charge in [0.05, 0.1) is 0 Å². The lowest BCUT2D eigenvalue weighted by atomic mass is 10.2. The molecule has 2 rings (SSSR count). The molecule has 5 nitrogen and oxygen atoms in total. The molecule has 0 unspecified atom stereocenters. The van der Waals surface area contributed by atoms with Crippen LogP contribution >= 0.6 is 0 Å². The van der Waals surface area contributed by atoms with E-state index >= 15 is 0 Å². The van der Waals surface area contributed by atoms with Crippen molar-refractivity contribution in [1.29, 1.82) is 0 Å². The highest BCUT2D eigenvalue weighted by atomic mass is 16.1. The predicted octanol–water partition coefficient (Wildman–Crippen LogP) is 0.897. The highest BCUT2D eigenvalue weighted by molar-refractivity contribution is 5.89. The number of hydrogen-bond acceptors (Lipinski definition) is 4. The van der Waals surface area contributed by atoms with E-state index in [0.29, 0.717) is 0 Å². The van der Waals surface area contributed by atoms with Crippen molar-refractivity contribution < 1.29 is 4.79 Å². The molecule has 1 aliphatic rings. The van der Waals surface area contributed by atoms with Crippen LogP contribution in [0.5, 0.6) is 0 Å². The summed E-state index contributed by atoms with van der Waals surface area (Å²) in [5.74, 6) is -0.0351. The molecule has 1 saturated heterocycles. The molecule has 1 aromatic rings. The zero-order valence-corrected chi connectivity index (χ0v) is 11.6. The van der Waals surface area contributed by atoms with Crippen LogP contribution in [-0.4, -0.2) is 49.0 Å². The number of benzene rings is 1. The van der Waals surface area contributed by atoms with E-state index < -0.39 is 0 Å². The summed E-state index contributed by atoms with van der Waals surface area (Å²) in [6.07, 6.45) is 0. The highest BCUT2D eigenvalue weighted by Gasteiger charge is 2.13. The van der Waals surface area contributed by atoms with Crippen LogP contribution in [0.15, 0.2) is 24.3 Å². The number of amides is 1. The first-order valence-corrected chi connectivity index (χ1v) is 6.67. The number of piperazine rings is 1. The van der Waals surface area contributed by atoms with Crippen LogP contribution in [0.25, 0.3) is 0 Å². The third kappa shape index (κ3) is 4.31. The first-order valence-electron chi connectivity index (χ1n) is 6.67. The van der Waals surface area contributed by atoms with Crippen LogP contribution < -0.4 is 10.7 Å². The molecule has 104 valence electrons. The van der Waals surface area contributed by atoms with Gasteiger partial charge in [-0.15, -0.1) is 0 Å². The van der Waals surface area contributed by atoms with Gasteiger partial charge in [-0.1, -0.05) is 18.2 Å². The molecule has 1 amide bonds. The van der Waals surface area contributed by atoms with Crippen molar-refractivity contribution in [3.63, 3.8) is 0 Å². The summed E-state index contributed by atoms with van der Waals surface area (Å²) in [5, 5.41) is 5.10. The molecule has 0 bridgehead atoms. The minimum atomic E-state index is -0.0351. The number of carbonyl (C=O) groups excluding carboxylic acids is 1. The smallest absolute Gasteiger partial charge is 0.221 e. The fraction of sp³-hybridized carbons (Fsp3) is 0.500. The molecule has 0 aromatic heterocycles. The average Bonchev–Trinajstić information content (AvgIpc) is 2.39. The van der Waals surface area contributed by atoms with E-state index in [1.165, 1.54) is 6.92 Å². The molecule has 19 heavy (non-hydrogen) atoms. The molecule has 5 heteroatoms. The van der Waals surface area contributed by atoms with Crippen LogP contribution in [0.4, 0.5) is 5.69 Å². The zero-order chi connectivity index (χ0) is 13.7. The summed E-state index contributed by atoms with van der Waals surface area (Å²) in [6, 6.07) is 7.90. The Kier molecular flexibility index (Phi) is 4.90. The van der Waals surface area contributed by atoms with Crippen LogP contribution in [0.1, 0.15) is 12.5 Å². The van der Waals surface area contributed by atoms with Gasteiger partial charge in [-0.3, -0.25) is 10.2 Å². The average molecular weight is 262 g/mol. The molecule has 2 N–H and O–H groups in total. The number of rotatable bonds is 4. The second-order valence-electron chi connectivity index (χ2n) is 4.96. The number of anilines is 1. The summed E-state index contributed by atoms with van der Waals surface area (Å²) in [4.78, 5) is 13.5. The molecule has 1 aliphatic heterocycles. The van der Waals surface area contributed by atoms with Gasteiger partial charge < -0.3 is 10.2 Å². The summed E-state index contributed by atoms with van der Waals surface area (Å²) < 4.78 is 0. The van der Waals surface area contributed by atoms with E-state index in [0.717, 1.165) is 44.0 Å². The second-order valence-corrected chi connectivity index (χ2v) is 4.96. The molecule has 1 heterocycles. The van der Waals surface area contributed by atoms with Gasteiger partial charge in [0.2, 0.25) is 5.91 Å². The third-order valence-electron chi connectivity index (χ3n) is 3.32. The Balaban J connectivity index is 1.90. The van der Waals surface area contributed by atoms with Crippen LogP contribution in [0.3, 0.4) is 0 Å². The summed E-state index contributed by atoms with van der Waals surface area (Å²) in [7, 11) is 2.14. The number of hydrazine groups is 1. The Bertz CT molecular complexity index is 427. The Morgan fingerprint density at radius 2 is 1.89 bits per heavy atom. The summed E-state index contributed by atoms with van der Waals surface area (Å²) in [6.45, 7) is 6.49. The van der Waals surface area contributed by atoms with Crippen molar-refractivity contribution in [3.8, 4) is 0 Å². The normalized spacial score (nSPS) is 17.4. The van der Waals surface area contributed by atoms with Gasteiger partial charge in [-0.05, 0) is 18.7 Å². The molecule has 0 aliphatic carbocycles. The minimum absolute atomic E-state index is 0.0351. The van der Waals surface area contributed by atoms with Gasteiger partial charge in [0, 0.05) is 45.3 Å². The molecule has 0 radical (unpaired) electrons. The maximum Gasteiger partial charge on any atom is 0.221 e. The van der Waals surface area contributed by atoms with Crippen molar-refractivity contribution >= 4 is 11.6 Å². The number of nitrogens with one attached hydrogen (secondary N) is 2. The third-order valence-corrected chi connectivity index (χ3v) is 3.32. The predicted molar refractivity (Wildman–Crippen MR) is 76.7 cm³/mol. The number of nitrogens with zero attached hydrogens (tertiary/aromatic N) is 2. The van der Waals surface area contributed by atoms with Crippen LogP contribution in [0.2, 0.25) is 0 Å². The molecule has 0 atom stereocenters. The van der Waals surface area contributed by atoms with Crippen molar-refractivity contribution in [1.82, 2.24) is 15.3 Å². The van der Waals surface area contributed by atoms with E-state index in [4.69, 9.17) is 0 Å². The Morgan fingerprint density at radius 3 is 2.58 bits per heavy atom. The lowest BCUT2D eigenvalue weighted by molar-refractivity contribution is -0.114. The lowest BCUT2D eigenvalue weighted by Crippen LogP contribution is -2.50. The van der Waals surface area contributed by atoms with Crippen molar-refractivity contribution in [2.75, 3.05) is 38.5 Å². The first-order chi connectivity index (χ1) is 9.15. The van der Waals surface area contributed by atoms with Gasteiger partial charge >= 0.3 is 0 Å². The lowest BCUT2D eigenvalue weighted by Gasteiger charge is -2.32. The summed E-state index contributed by atoms with van der Waals surface area (Å²) >= 11 is 0. The number of carbonyl (C=O) groups is 1. The van der Waals surface area contributed by atoms with Gasteiger partial charge in [0.25, 0.3) is 0 Å². The summed E-state index contributed by atoms with van der Waals surface area (Å²) in [5.41, 5.74) is 5.42. The largest absolute Gasteiger partial charge is 0.326 e. The number of likely N-dealkylation sites (N-methyl/N-ethyl adjacent to an activating group) is 1. The first kappa shape index (κ1) is 14.0. The van der Waals surface area contributed by atoms with E-state index in [9.17, 15) is 4.79 Å². The second kappa shape index (κ2) is 6.65. The van der Waals surface area contributed by atoms with Crippen LogP contribution in [0, 0.1) is 0 Å². The monoisotopic (exact) mass is 262 g/mol. The molecular formula is C14H22N4O. The fourth-order valence-electron chi connectivity index (χ4n) is 2.15. The van der Waals surface area contributed by atoms with Gasteiger partial charge in [0.15, 0.2) is 0 Å². The molecule has 0 spiro atoms. The number of para-hydroxylation sites is 1. The van der Waals surface area contributed by atoms with E-state index in [2.05, 4.69) is 27.7 Å². The maximum absolute atomic E-state index is 11.2. The molecular weight excluding hydrogens is 240 g/mol. The van der Waals surface area contributed by atoms with Crippen LogP contribution in [-0.2, 0) is 11.3 Å². The minimum Gasteiger partial charge on any atom is -0.326 e. The number of hydrogen-bond donors (Lipinski definition) is 2. The van der Waals surface area contributed by atoms with Crippen molar-refractivity contribution in [2.45, 2.75) is 13.5 Å². The fourth-order valence-corrected chi connectivity index (χ4v) is 2.15. The molecule has 0 saturated carbocycles. The zero-order valence-electron chi connectivity index (χ0n) is 11.6. The molecule has 1 aromatic carbocycles. The van der Waals surface area contributed by atoms with Gasteiger partial charge in [-0.25, -0.2) is 5.01 Å². The molecule has 1 fully saturated rings. The Morgan fingerprint density at radius 1 is 1.21 bits per heavy atom. The SMILES string of the molecule is CC(=O)Nc1ccccc1CNN1CCN(C)CC1. The Hall–Kier alpha value is -1.43. The topological polar surface area (TPSA) is 47.6 Å². The van der Waals surface area contributed by atoms with Gasteiger partial charge in [-0.2, -0.15) is 0 Å². The van der Waals surface area contributed by atoms with Crippen molar-refractivity contribution in [2.24, 2.45) is 0 Å². The highest BCUT2D eigenvalue weighted by Crippen LogP contribution is 2.14. The van der Waals surface area contributed by atoms with E-state index in [-0.39, 0.29) is 5.91 Å². The van der Waals surface area contributed by atoms with E-state index in [1.54, 1.807) is 0 Å². The standard InChI is InChI=1S/C14H22N4O/c1-12(19)16-14-6-4-3-5-13(14)11-15-18-9-7-17(2)8-10-18/h3-6,15H,7-11H2,1-2H3,(H,16,19). The van der Waals surface area contributed by atoms with Gasteiger partial charge in [0.1, 0.15) is 0 Å². The van der Waals surface area contributed by atoms with Crippen molar-refractivity contribution in [3.05, 3.63) is 29.8 Å². The quantitative estimate of drug-likeness (QED) is 0.846. The maximum atomic E-state index is 11.2. The Labute approximate surface area is 114 Å².